The molecular formula is C20H24N2O3. The average molecular weight is 340 g/mol. The number of benzene rings is 2. The minimum atomic E-state index is -0.418. The molecule has 2 aromatic carbocycles. The maximum Gasteiger partial charge on any atom is 0.251 e. The second-order valence-electron chi connectivity index (χ2n) is 6.10. The van der Waals surface area contributed by atoms with Crippen LogP contribution in [0.25, 0.3) is 0 Å². The van der Waals surface area contributed by atoms with Crippen molar-refractivity contribution in [2.75, 3.05) is 13.2 Å². The Kier molecular flexibility index (Phi) is 7.16. The first-order valence-corrected chi connectivity index (χ1v) is 8.38. The molecule has 3 N–H and O–H groups in total. The molecule has 5 heteroatoms. The fourth-order valence-corrected chi connectivity index (χ4v) is 2.38. The molecule has 0 aliphatic rings. The summed E-state index contributed by atoms with van der Waals surface area (Å²) in [6, 6.07) is 17.9. The predicted molar refractivity (Wildman–Crippen MR) is 97.0 cm³/mol. The average Bonchev–Trinajstić information content (AvgIpc) is 2.66. The maximum atomic E-state index is 12.4. The van der Waals surface area contributed by atoms with Crippen molar-refractivity contribution in [2.24, 2.45) is 5.92 Å². The molecule has 0 radical (unpaired) electrons. The second-order valence-corrected chi connectivity index (χ2v) is 6.10. The zero-order valence-corrected chi connectivity index (χ0v) is 14.3. The fourth-order valence-electron chi connectivity index (χ4n) is 2.38. The number of nitrogens with one attached hydrogen (secondary N) is 2. The highest BCUT2D eigenvalue weighted by atomic mass is 16.3. The lowest BCUT2D eigenvalue weighted by atomic mass is 10.0. The van der Waals surface area contributed by atoms with E-state index < -0.39 is 6.04 Å². The van der Waals surface area contributed by atoms with Crippen LogP contribution in [0.1, 0.15) is 35.3 Å². The van der Waals surface area contributed by atoms with E-state index >= 15 is 0 Å². The Morgan fingerprint density at radius 3 is 2.20 bits per heavy atom. The van der Waals surface area contributed by atoms with E-state index in [1.54, 1.807) is 24.3 Å². The molecule has 5 nitrogen and oxygen atoms in total. The quantitative estimate of drug-likeness (QED) is 0.690. The molecule has 2 rings (SSSR count). The highest BCUT2D eigenvalue weighted by Gasteiger charge is 2.19. The van der Waals surface area contributed by atoms with Crippen LogP contribution >= 0.6 is 0 Å². The van der Waals surface area contributed by atoms with Gasteiger partial charge >= 0.3 is 0 Å². The molecular weight excluding hydrogens is 316 g/mol. The first kappa shape index (κ1) is 18.7. The highest BCUT2D eigenvalue weighted by molar-refractivity contribution is 5.94. The van der Waals surface area contributed by atoms with Gasteiger partial charge in [0.05, 0.1) is 12.5 Å². The molecule has 0 aliphatic carbocycles. The second kappa shape index (κ2) is 9.59. The molecule has 2 aromatic rings. The van der Waals surface area contributed by atoms with E-state index in [9.17, 15) is 9.59 Å². The molecule has 0 saturated carbocycles. The summed E-state index contributed by atoms with van der Waals surface area (Å²) in [5.41, 5.74) is 1.43. The van der Waals surface area contributed by atoms with Crippen LogP contribution in [0.5, 0.6) is 0 Å². The van der Waals surface area contributed by atoms with Gasteiger partial charge in [0, 0.05) is 18.7 Å². The summed E-state index contributed by atoms with van der Waals surface area (Å²) < 4.78 is 0. The van der Waals surface area contributed by atoms with Crippen molar-refractivity contribution in [1.82, 2.24) is 10.6 Å². The van der Waals surface area contributed by atoms with Gasteiger partial charge in [-0.3, -0.25) is 9.59 Å². The largest absolute Gasteiger partial charge is 0.396 e. The van der Waals surface area contributed by atoms with Crippen molar-refractivity contribution in [1.29, 1.82) is 0 Å². The molecule has 0 spiro atoms. The Labute approximate surface area is 148 Å². The summed E-state index contributed by atoms with van der Waals surface area (Å²) in [4.78, 5) is 24.7. The lowest BCUT2D eigenvalue weighted by molar-refractivity contribution is -0.121. The van der Waals surface area contributed by atoms with Crippen LogP contribution in [0.4, 0.5) is 0 Å². The van der Waals surface area contributed by atoms with Gasteiger partial charge in [-0.2, -0.15) is 0 Å². The SMILES string of the molecule is CC(CO)CNC(=O)CC(NC(=O)c1ccccc1)c1ccccc1. The standard InChI is InChI=1S/C20H24N2O3/c1-15(14-23)13-21-19(24)12-18(16-8-4-2-5-9-16)22-20(25)17-10-6-3-7-11-17/h2-11,15,18,23H,12-14H2,1H3,(H,21,24)(H,22,25). The van der Waals surface area contributed by atoms with E-state index in [-0.39, 0.29) is 30.8 Å². The van der Waals surface area contributed by atoms with Crippen LogP contribution in [0.2, 0.25) is 0 Å². The van der Waals surface area contributed by atoms with Gasteiger partial charge in [0.15, 0.2) is 0 Å². The maximum absolute atomic E-state index is 12.4. The monoisotopic (exact) mass is 340 g/mol. The van der Waals surface area contributed by atoms with Crippen LogP contribution < -0.4 is 10.6 Å². The van der Waals surface area contributed by atoms with Gasteiger partial charge < -0.3 is 15.7 Å². The van der Waals surface area contributed by atoms with E-state index in [0.717, 1.165) is 5.56 Å². The van der Waals surface area contributed by atoms with Crippen LogP contribution in [0.15, 0.2) is 60.7 Å². The Bertz CT molecular complexity index is 674. The number of hydrogen-bond acceptors (Lipinski definition) is 3. The first-order valence-electron chi connectivity index (χ1n) is 8.38. The Balaban J connectivity index is 2.06. The highest BCUT2D eigenvalue weighted by Crippen LogP contribution is 2.17. The Morgan fingerprint density at radius 1 is 1.00 bits per heavy atom. The minimum absolute atomic E-state index is 0.00182. The summed E-state index contributed by atoms with van der Waals surface area (Å²) >= 11 is 0. The van der Waals surface area contributed by atoms with Gasteiger partial charge in [-0.25, -0.2) is 0 Å². The van der Waals surface area contributed by atoms with Crippen LogP contribution in [-0.4, -0.2) is 30.1 Å². The van der Waals surface area contributed by atoms with Crippen LogP contribution in [-0.2, 0) is 4.79 Å². The molecule has 0 aromatic heterocycles. The number of rotatable bonds is 8. The van der Waals surface area contributed by atoms with Gasteiger partial charge in [0.1, 0.15) is 0 Å². The third-order valence-electron chi connectivity index (χ3n) is 3.89. The van der Waals surface area contributed by atoms with Crippen LogP contribution in [0.3, 0.4) is 0 Å². The van der Waals surface area contributed by atoms with Gasteiger partial charge in [-0.1, -0.05) is 55.5 Å². The minimum Gasteiger partial charge on any atom is -0.396 e. The smallest absolute Gasteiger partial charge is 0.251 e. The summed E-state index contributed by atoms with van der Waals surface area (Å²) in [6.45, 7) is 2.28. The first-order chi connectivity index (χ1) is 12.1. The van der Waals surface area contributed by atoms with E-state index in [0.29, 0.717) is 12.1 Å². The van der Waals surface area contributed by atoms with Gasteiger partial charge in [0.25, 0.3) is 5.91 Å². The summed E-state index contributed by atoms with van der Waals surface area (Å²) in [5, 5.41) is 14.8. The third-order valence-corrected chi connectivity index (χ3v) is 3.89. The Morgan fingerprint density at radius 2 is 1.60 bits per heavy atom. The molecule has 25 heavy (non-hydrogen) atoms. The third kappa shape index (κ3) is 6.04. The summed E-state index contributed by atoms with van der Waals surface area (Å²) in [6.07, 6.45) is 0.140. The molecule has 0 aliphatic heterocycles. The number of aliphatic hydroxyl groups is 1. The Hall–Kier alpha value is -2.66. The summed E-state index contributed by atoms with van der Waals surface area (Å²) in [5.74, 6) is -0.383. The van der Waals surface area contributed by atoms with Gasteiger partial charge in [-0.05, 0) is 23.6 Å². The lowest BCUT2D eigenvalue weighted by Crippen LogP contribution is -2.35. The zero-order valence-electron chi connectivity index (χ0n) is 14.3. The van der Waals surface area contributed by atoms with Crippen LogP contribution in [0, 0.1) is 5.92 Å². The molecule has 0 bridgehead atoms. The van der Waals surface area contributed by atoms with E-state index in [2.05, 4.69) is 10.6 Å². The van der Waals surface area contributed by atoms with Crippen molar-refractivity contribution >= 4 is 11.8 Å². The molecule has 0 heterocycles. The van der Waals surface area contributed by atoms with Gasteiger partial charge in [-0.15, -0.1) is 0 Å². The van der Waals surface area contributed by atoms with Crippen molar-refractivity contribution in [3.05, 3.63) is 71.8 Å². The van der Waals surface area contributed by atoms with Gasteiger partial charge in [0.2, 0.25) is 5.91 Å². The van der Waals surface area contributed by atoms with E-state index in [1.165, 1.54) is 0 Å². The number of carbonyl (C=O) groups is 2. The predicted octanol–water partition coefficient (Wildman–Crippen LogP) is 2.29. The lowest BCUT2D eigenvalue weighted by Gasteiger charge is -2.19. The van der Waals surface area contributed by atoms with Crippen molar-refractivity contribution in [3.8, 4) is 0 Å². The van der Waals surface area contributed by atoms with E-state index in [1.807, 2.05) is 43.3 Å². The van der Waals surface area contributed by atoms with Crippen molar-refractivity contribution in [2.45, 2.75) is 19.4 Å². The molecule has 2 atom stereocenters. The molecule has 0 fully saturated rings. The zero-order chi connectivity index (χ0) is 18.1. The topological polar surface area (TPSA) is 78.4 Å². The normalized spacial score (nSPS) is 12.9. The number of aliphatic hydroxyl groups excluding tert-OH is 1. The molecule has 2 unspecified atom stereocenters. The van der Waals surface area contributed by atoms with E-state index in [4.69, 9.17) is 5.11 Å². The van der Waals surface area contributed by atoms with Crippen molar-refractivity contribution in [3.63, 3.8) is 0 Å². The fraction of sp³-hybridized carbons (Fsp3) is 0.300. The number of carbonyl (C=O) groups excluding carboxylic acids is 2. The molecule has 132 valence electrons. The molecule has 0 saturated heterocycles. The summed E-state index contributed by atoms with van der Waals surface area (Å²) in [7, 11) is 0. The number of amides is 2. The molecule has 2 amide bonds. The number of hydrogen-bond donors (Lipinski definition) is 3. The van der Waals surface area contributed by atoms with Crippen molar-refractivity contribution < 1.29 is 14.7 Å².